The number of nitrogens with one attached hydrogen (secondary N) is 1. The quantitative estimate of drug-likeness (QED) is 0.868. The zero-order chi connectivity index (χ0) is 17.2. The number of hydrogen-bond acceptors (Lipinski definition) is 4. The maximum atomic E-state index is 12.2. The maximum absolute atomic E-state index is 12.2. The molecule has 1 N–H and O–H groups in total. The number of sulfonamides is 1. The summed E-state index contributed by atoms with van der Waals surface area (Å²) in [6.45, 7) is 2.16. The molecule has 0 saturated heterocycles. The zero-order valence-electron chi connectivity index (χ0n) is 14.0. The summed E-state index contributed by atoms with van der Waals surface area (Å²) in [6, 6.07) is 5.55. The van der Waals surface area contributed by atoms with Crippen molar-refractivity contribution in [2.45, 2.75) is 19.1 Å². The summed E-state index contributed by atoms with van der Waals surface area (Å²) in [7, 11) is 1.69. The largest absolute Gasteiger partial charge is 0.361 e. The number of carbonyl (C=O) groups excluding carboxylic acids is 1. The van der Waals surface area contributed by atoms with E-state index in [1.165, 1.54) is 14.0 Å². The first-order valence-corrected chi connectivity index (χ1v) is 9.02. The molecule has 0 unspecified atom stereocenters. The number of nitrogens with zero attached hydrogens (tertiary/aromatic N) is 2. The number of H-pyrrole nitrogens is 1. The van der Waals surface area contributed by atoms with Crippen molar-refractivity contribution in [3.05, 3.63) is 35.5 Å². The Morgan fingerprint density at radius 1 is 1.22 bits per heavy atom. The van der Waals surface area contributed by atoms with Crippen molar-refractivity contribution in [2.75, 3.05) is 27.7 Å². The first-order chi connectivity index (χ1) is 10.7. The lowest BCUT2D eigenvalue weighted by Gasteiger charge is -2.15. The van der Waals surface area contributed by atoms with Gasteiger partial charge in [-0.3, -0.25) is 4.79 Å². The fourth-order valence-corrected chi connectivity index (χ4v) is 3.56. The van der Waals surface area contributed by atoms with E-state index in [0.717, 1.165) is 33.7 Å². The topological polar surface area (TPSA) is 73.5 Å². The first-order valence-electron chi connectivity index (χ1n) is 7.41. The summed E-state index contributed by atoms with van der Waals surface area (Å²) >= 11 is 0. The number of amides is 1. The molecule has 1 heterocycles. The van der Waals surface area contributed by atoms with Gasteiger partial charge in [0.1, 0.15) is 0 Å². The predicted molar refractivity (Wildman–Crippen MR) is 91.6 cm³/mol. The van der Waals surface area contributed by atoms with E-state index >= 15 is 0 Å². The van der Waals surface area contributed by atoms with Crippen LogP contribution in [-0.2, 0) is 27.0 Å². The number of benzene rings is 1. The minimum atomic E-state index is -3.64. The molecule has 0 spiro atoms. The highest BCUT2D eigenvalue weighted by atomic mass is 32.2. The summed E-state index contributed by atoms with van der Waals surface area (Å²) in [5, 5.41) is 1.03. The van der Waals surface area contributed by atoms with Gasteiger partial charge in [0.05, 0.1) is 5.75 Å². The van der Waals surface area contributed by atoms with Gasteiger partial charge in [0, 0.05) is 37.6 Å². The Hall–Kier alpha value is -1.86. The minimum Gasteiger partial charge on any atom is -0.361 e. The highest BCUT2D eigenvalue weighted by molar-refractivity contribution is 7.88. The Kier molecular flexibility index (Phi) is 5.11. The van der Waals surface area contributed by atoms with Crippen molar-refractivity contribution in [3.8, 4) is 0 Å². The molecule has 0 aliphatic rings. The molecule has 23 heavy (non-hydrogen) atoms. The third-order valence-corrected chi connectivity index (χ3v) is 5.66. The van der Waals surface area contributed by atoms with E-state index in [4.69, 9.17) is 0 Å². The second-order valence-electron chi connectivity index (χ2n) is 5.99. The molecule has 1 aromatic heterocycles. The fraction of sp³-hybridized carbons (Fsp3) is 0.438. The van der Waals surface area contributed by atoms with Crippen LogP contribution < -0.4 is 0 Å². The molecule has 1 amide bonds. The summed E-state index contributed by atoms with van der Waals surface area (Å²) in [5.74, 6) is -0.670. The number of hydrogen-bond donors (Lipinski definition) is 1. The molecule has 0 atom stereocenters. The Morgan fingerprint density at radius 2 is 1.91 bits per heavy atom. The van der Waals surface area contributed by atoms with Crippen LogP contribution in [0.4, 0.5) is 0 Å². The van der Waals surface area contributed by atoms with Crippen LogP contribution in [0.15, 0.2) is 24.4 Å². The average Bonchev–Trinajstić information content (AvgIpc) is 2.86. The van der Waals surface area contributed by atoms with Gasteiger partial charge in [0.15, 0.2) is 0 Å². The minimum absolute atomic E-state index is 0.183. The highest BCUT2D eigenvalue weighted by Crippen LogP contribution is 2.22. The number of rotatable bonds is 6. The van der Waals surface area contributed by atoms with E-state index in [-0.39, 0.29) is 5.75 Å². The number of aromatic amines is 1. The van der Waals surface area contributed by atoms with Gasteiger partial charge in [0.2, 0.25) is 15.9 Å². The van der Waals surface area contributed by atoms with Crippen molar-refractivity contribution in [3.63, 3.8) is 0 Å². The standard InChI is InChI=1S/C16H23N3O3S/c1-12(20)19(4)23(21,22)11-13-5-6-16-15(9-13)14(10-17-16)7-8-18(2)3/h5-6,9-10,17H,7-8,11H2,1-4H3. The van der Waals surface area contributed by atoms with Crippen LogP contribution in [0.25, 0.3) is 10.9 Å². The number of fused-ring (bicyclic) bond motifs is 1. The van der Waals surface area contributed by atoms with E-state index in [1.54, 1.807) is 6.07 Å². The summed E-state index contributed by atoms with van der Waals surface area (Å²) in [5.41, 5.74) is 2.82. The Bertz CT molecular complexity index is 809. The lowest BCUT2D eigenvalue weighted by molar-refractivity contribution is -0.123. The third-order valence-electron chi connectivity index (χ3n) is 3.87. The van der Waals surface area contributed by atoms with Gasteiger partial charge in [-0.15, -0.1) is 0 Å². The fourth-order valence-electron chi connectivity index (χ4n) is 2.37. The van der Waals surface area contributed by atoms with Gasteiger partial charge in [-0.05, 0) is 43.8 Å². The molecule has 1 aromatic carbocycles. The summed E-state index contributed by atoms with van der Waals surface area (Å²) in [6.07, 6.45) is 2.85. The van der Waals surface area contributed by atoms with Crippen LogP contribution in [0.2, 0.25) is 0 Å². The number of likely N-dealkylation sites (N-methyl/N-ethyl adjacent to an activating group) is 1. The highest BCUT2D eigenvalue weighted by Gasteiger charge is 2.21. The molecule has 0 radical (unpaired) electrons. The van der Waals surface area contributed by atoms with Crippen molar-refractivity contribution in [2.24, 2.45) is 0 Å². The summed E-state index contributed by atoms with van der Waals surface area (Å²) < 4.78 is 25.2. The van der Waals surface area contributed by atoms with Crippen LogP contribution >= 0.6 is 0 Å². The monoisotopic (exact) mass is 337 g/mol. The average molecular weight is 337 g/mol. The van der Waals surface area contributed by atoms with Crippen LogP contribution in [0.5, 0.6) is 0 Å². The maximum Gasteiger partial charge on any atom is 0.241 e. The molecular formula is C16H23N3O3S. The molecule has 7 heteroatoms. The number of aromatic nitrogens is 1. The molecular weight excluding hydrogens is 314 g/mol. The Morgan fingerprint density at radius 3 is 2.52 bits per heavy atom. The van der Waals surface area contributed by atoms with Gasteiger partial charge < -0.3 is 9.88 Å². The Balaban J connectivity index is 2.29. The molecule has 0 aliphatic carbocycles. The van der Waals surface area contributed by atoms with Crippen molar-refractivity contribution >= 4 is 26.8 Å². The molecule has 0 bridgehead atoms. The first kappa shape index (κ1) is 17.5. The van der Waals surface area contributed by atoms with Crippen LogP contribution in [0, 0.1) is 0 Å². The normalized spacial score (nSPS) is 12.0. The Labute approximate surface area is 137 Å². The van der Waals surface area contributed by atoms with Crippen LogP contribution in [-0.4, -0.2) is 56.2 Å². The second-order valence-corrected chi connectivity index (χ2v) is 7.99. The van der Waals surface area contributed by atoms with Gasteiger partial charge in [-0.25, -0.2) is 12.7 Å². The molecule has 2 rings (SSSR count). The van der Waals surface area contributed by atoms with Gasteiger partial charge in [0.25, 0.3) is 0 Å². The SMILES string of the molecule is CC(=O)N(C)S(=O)(=O)Cc1ccc2[nH]cc(CCN(C)C)c2c1. The lowest BCUT2D eigenvalue weighted by Crippen LogP contribution is -2.32. The van der Waals surface area contributed by atoms with E-state index in [1.807, 2.05) is 32.4 Å². The van der Waals surface area contributed by atoms with Crippen molar-refractivity contribution < 1.29 is 13.2 Å². The third kappa shape index (κ3) is 4.11. The van der Waals surface area contributed by atoms with E-state index < -0.39 is 15.9 Å². The van der Waals surface area contributed by atoms with Crippen molar-refractivity contribution in [1.82, 2.24) is 14.2 Å². The van der Waals surface area contributed by atoms with E-state index in [2.05, 4.69) is 9.88 Å². The zero-order valence-corrected chi connectivity index (χ0v) is 14.8. The van der Waals surface area contributed by atoms with Gasteiger partial charge >= 0.3 is 0 Å². The van der Waals surface area contributed by atoms with Gasteiger partial charge in [-0.2, -0.15) is 0 Å². The van der Waals surface area contributed by atoms with Crippen LogP contribution in [0.1, 0.15) is 18.1 Å². The van der Waals surface area contributed by atoms with E-state index in [0.29, 0.717) is 5.56 Å². The smallest absolute Gasteiger partial charge is 0.241 e. The molecule has 126 valence electrons. The molecule has 6 nitrogen and oxygen atoms in total. The second kappa shape index (κ2) is 6.72. The molecule has 2 aromatic rings. The predicted octanol–water partition coefficient (Wildman–Crippen LogP) is 1.58. The van der Waals surface area contributed by atoms with Crippen LogP contribution in [0.3, 0.4) is 0 Å². The molecule has 0 aliphatic heterocycles. The van der Waals surface area contributed by atoms with E-state index in [9.17, 15) is 13.2 Å². The lowest BCUT2D eigenvalue weighted by atomic mass is 10.1. The number of carbonyl (C=O) groups is 1. The van der Waals surface area contributed by atoms with Gasteiger partial charge in [-0.1, -0.05) is 6.07 Å². The molecule has 0 fully saturated rings. The summed E-state index contributed by atoms with van der Waals surface area (Å²) in [4.78, 5) is 16.6. The molecule has 0 saturated carbocycles. The van der Waals surface area contributed by atoms with Crippen molar-refractivity contribution in [1.29, 1.82) is 0 Å².